The summed E-state index contributed by atoms with van der Waals surface area (Å²) in [6.45, 7) is 5.28. The number of aromatic carboxylic acids is 1. The van der Waals surface area contributed by atoms with Crippen molar-refractivity contribution in [1.29, 1.82) is 0 Å². The van der Waals surface area contributed by atoms with Crippen LogP contribution in [0.2, 0.25) is 0 Å². The quantitative estimate of drug-likeness (QED) is 0.294. The first-order valence-corrected chi connectivity index (χ1v) is 11.5. The Morgan fingerprint density at radius 2 is 1.54 bits per heavy atom. The van der Waals surface area contributed by atoms with E-state index in [1.807, 2.05) is 44.2 Å². The summed E-state index contributed by atoms with van der Waals surface area (Å²) in [7, 11) is 0. The van der Waals surface area contributed by atoms with Crippen molar-refractivity contribution < 1.29 is 29.4 Å². The molecule has 0 spiro atoms. The molecule has 0 unspecified atom stereocenters. The van der Waals surface area contributed by atoms with Crippen LogP contribution >= 0.6 is 0 Å². The molecule has 2 amide bonds. The van der Waals surface area contributed by atoms with Gasteiger partial charge < -0.3 is 20.8 Å². The third-order valence-corrected chi connectivity index (χ3v) is 5.42. The van der Waals surface area contributed by atoms with Crippen LogP contribution in [0.25, 0.3) is 0 Å². The van der Waals surface area contributed by atoms with Gasteiger partial charge >= 0.3 is 11.9 Å². The lowest BCUT2D eigenvalue weighted by molar-refractivity contribution is -0.139. The summed E-state index contributed by atoms with van der Waals surface area (Å²) in [5.74, 6) is -3.09. The second-order valence-electron chi connectivity index (χ2n) is 8.87. The maximum Gasteiger partial charge on any atom is 0.335 e. The minimum absolute atomic E-state index is 0.0279. The molecule has 2 aromatic carbocycles. The number of aryl methyl sites for hydroxylation is 1. The van der Waals surface area contributed by atoms with Crippen LogP contribution in [0.3, 0.4) is 0 Å². The van der Waals surface area contributed by atoms with Crippen molar-refractivity contribution in [3.63, 3.8) is 0 Å². The van der Waals surface area contributed by atoms with Gasteiger partial charge in [-0.15, -0.1) is 0 Å². The fourth-order valence-corrected chi connectivity index (χ4v) is 3.55. The number of anilines is 1. The Bertz CT molecular complexity index is 1020. The highest BCUT2D eigenvalue weighted by molar-refractivity contribution is 5.99. The smallest absolute Gasteiger partial charge is 0.335 e. The third kappa shape index (κ3) is 9.21. The first kappa shape index (κ1) is 27.5. The molecule has 0 bridgehead atoms. The number of carboxylic acid groups (broad SMARTS) is 2. The zero-order valence-electron chi connectivity index (χ0n) is 20.2. The minimum atomic E-state index is -1.12. The molecule has 0 fully saturated rings. The first-order valence-electron chi connectivity index (χ1n) is 11.5. The van der Waals surface area contributed by atoms with Crippen LogP contribution in [-0.2, 0) is 20.8 Å². The van der Waals surface area contributed by atoms with Crippen LogP contribution in [0.1, 0.15) is 49.5 Å². The zero-order valence-corrected chi connectivity index (χ0v) is 20.2. The molecular weight excluding hydrogens is 450 g/mol. The van der Waals surface area contributed by atoms with E-state index in [-0.39, 0.29) is 11.5 Å². The third-order valence-electron chi connectivity index (χ3n) is 5.42. The number of hydrogen-bond donors (Lipinski definition) is 5. The highest BCUT2D eigenvalue weighted by Gasteiger charge is 2.28. The SMILES string of the molecule is CC(C)C[C@H](NC(=O)[C@H](CCc1ccccc1)N[C@H](C)C(=O)O)C(=O)Nc1cccc(C(=O)O)c1. The summed E-state index contributed by atoms with van der Waals surface area (Å²) >= 11 is 0. The monoisotopic (exact) mass is 483 g/mol. The van der Waals surface area contributed by atoms with Crippen LogP contribution < -0.4 is 16.0 Å². The van der Waals surface area contributed by atoms with Crippen molar-refractivity contribution >= 4 is 29.4 Å². The van der Waals surface area contributed by atoms with E-state index in [0.717, 1.165) is 5.56 Å². The number of carboxylic acids is 2. The van der Waals surface area contributed by atoms with Crippen molar-refractivity contribution in [3.05, 3.63) is 65.7 Å². The van der Waals surface area contributed by atoms with E-state index in [4.69, 9.17) is 0 Å². The van der Waals surface area contributed by atoms with Crippen LogP contribution in [0.4, 0.5) is 5.69 Å². The lowest BCUT2D eigenvalue weighted by Gasteiger charge is -2.25. The molecule has 9 heteroatoms. The van der Waals surface area contributed by atoms with Crippen molar-refractivity contribution in [1.82, 2.24) is 10.6 Å². The molecule has 0 saturated carbocycles. The van der Waals surface area contributed by atoms with Crippen molar-refractivity contribution in [2.45, 2.75) is 58.2 Å². The lowest BCUT2D eigenvalue weighted by Crippen LogP contribution is -2.54. The van der Waals surface area contributed by atoms with Gasteiger partial charge in [0.25, 0.3) is 0 Å². The molecule has 2 rings (SSSR count). The first-order chi connectivity index (χ1) is 16.6. The maximum absolute atomic E-state index is 13.2. The van der Waals surface area contributed by atoms with E-state index in [1.54, 1.807) is 6.07 Å². The van der Waals surface area contributed by atoms with Crippen molar-refractivity contribution in [3.8, 4) is 0 Å². The fourth-order valence-electron chi connectivity index (χ4n) is 3.55. The molecule has 5 N–H and O–H groups in total. The van der Waals surface area contributed by atoms with Gasteiger partial charge in [0.2, 0.25) is 11.8 Å². The van der Waals surface area contributed by atoms with Gasteiger partial charge in [-0.05, 0) is 55.9 Å². The Balaban J connectivity index is 2.16. The van der Waals surface area contributed by atoms with Crippen LogP contribution in [0.5, 0.6) is 0 Å². The molecule has 0 aliphatic rings. The van der Waals surface area contributed by atoms with E-state index >= 15 is 0 Å². The van der Waals surface area contributed by atoms with Crippen LogP contribution in [0, 0.1) is 5.92 Å². The number of rotatable bonds is 13. The fraction of sp³-hybridized carbons (Fsp3) is 0.385. The molecular formula is C26H33N3O6. The molecule has 0 heterocycles. The minimum Gasteiger partial charge on any atom is -0.480 e. The summed E-state index contributed by atoms with van der Waals surface area (Å²) in [5, 5.41) is 26.8. The maximum atomic E-state index is 13.2. The number of amides is 2. The van der Waals surface area contributed by atoms with Gasteiger partial charge in [-0.3, -0.25) is 19.7 Å². The number of carbonyl (C=O) groups excluding carboxylic acids is 2. The predicted molar refractivity (Wildman–Crippen MR) is 132 cm³/mol. The predicted octanol–water partition coefficient (Wildman–Crippen LogP) is 2.92. The Labute approximate surface area is 204 Å². The van der Waals surface area contributed by atoms with Gasteiger partial charge in [0, 0.05) is 5.69 Å². The van der Waals surface area contributed by atoms with E-state index in [1.165, 1.54) is 25.1 Å². The normalized spacial score (nSPS) is 13.5. The van der Waals surface area contributed by atoms with Gasteiger partial charge in [0.1, 0.15) is 12.1 Å². The van der Waals surface area contributed by atoms with E-state index < -0.39 is 41.9 Å². The van der Waals surface area contributed by atoms with Gasteiger partial charge in [0.05, 0.1) is 11.6 Å². The average Bonchev–Trinajstić information content (AvgIpc) is 2.81. The Hall–Kier alpha value is -3.72. The highest BCUT2D eigenvalue weighted by atomic mass is 16.4. The number of carbonyl (C=O) groups is 4. The highest BCUT2D eigenvalue weighted by Crippen LogP contribution is 2.14. The number of aliphatic carboxylic acids is 1. The molecule has 3 atom stereocenters. The van der Waals surface area contributed by atoms with E-state index in [9.17, 15) is 29.4 Å². The topological polar surface area (TPSA) is 145 Å². The van der Waals surface area contributed by atoms with Gasteiger partial charge in [-0.1, -0.05) is 50.2 Å². The molecule has 0 saturated heterocycles. The van der Waals surface area contributed by atoms with Crippen LogP contribution in [0.15, 0.2) is 54.6 Å². The Morgan fingerprint density at radius 3 is 2.14 bits per heavy atom. The summed E-state index contributed by atoms with van der Waals surface area (Å²) in [4.78, 5) is 48.8. The number of benzene rings is 2. The standard InChI is InChI=1S/C26H33N3O6/c1-16(2)14-22(24(31)28-20-11-7-10-19(15-20)26(34)35)29-23(30)21(27-17(3)25(32)33)13-12-18-8-5-4-6-9-18/h4-11,15-17,21-22,27H,12-14H2,1-3H3,(H,28,31)(H,29,30)(H,32,33)(H,34,35)/t17-,21+,22+/m1/s1. The second kappa shape index (κ2) is 13.2. The molecule has 0 aromatic heterocycles. The van der Waals surface area contributed by atoms with Crippen molar-refractivity contribution in [2.75, 3.05) is 5.32 Å². The van der Waals surface area contributed by atoms with E-state index in [2.05, 4.69) is 16.0 Å². The molecule has 188 valence electrons. The lowest BCUT2D eigenvalue weighted by atomic mass is 10.0. The van der Waals surface area contributed by atoms with E-state index in [0.29, 0.717) is 24.9 Å². The molecule has 0 aliphatic heterocycles. The van der Waals surface area contributed by atoms with Gasteiger partial charge in [-0.25, -0.2) is 4.79 Å². The summed E-state index contributed by atoms with van der Waals surface area (Å²) < 4.78 is 0. The summed E-state index contributed by atoms with van der Waals surface area (Å²) in [6, 6.07) is 12.7. The van der Waals surface area contributed by atoms with Crippen molar-refractivity contribution in [2.24, 2.45) is 5.92 Å². The second-order valence-corrected chi connectivity index (χ2v) is 8.87. The molecule has 0 radical (unpaired) electrons. The summed E-state index contributed by atoms with van der Waals surface area (Å²) in [5.41, 5.74) is 1.33. The number of hydrogen-bond acceptors (Lipinski definition) is 5. The molecule has 35 heavy (non-hydrogen) atoms. The summed E-state index contributed by atoms with van der Waals surface area (Å²) in [6.07, 6.45) is 1.22. The zero-order chi connectivity index (χ0) is 26.0. The van der Waals surface area contributed by atoms with Gasteiger partial charge in [0.15, 0.2) is 0 Å². The Kier molecular flexibility index (Phi) is 10.4. The average molecular weight is 484 g/mol. The Morgan fingerprint density at radius 1 is 0.857 bits per heavy atom. The molecule has 2 aromatic rings. The molecule has 0 aliphatic carbocycles. The van der Waals surface area contributed by atoms with Crippen LogP contribution in [-0.4, -0.2) is 52.1 Å². The molecule has 9 nitrogen and oxygen atoms in total. The number of nitrogens with one attached hydrogen (secondary N) is 3. The van der Waals surface area contributed by atoms with Gasteiger partial charge in [-0.2, -0.15) is 0 Å². The largest absolute Gasteiger partial charge is 0.480 e.